The number of unbranched alkanes of at least 4 members (excludes halogenated alkanes) is 3. The Hall–Kier alpha value is -2.26. The molecule has 1 N–H and O–H groups in total. The predicted octanol–water partition coefficient (Wildman–Crippen LogP) is 5.52. The van der Waals surface area contributed by atoms with Crippen LogP contribution in [0.2, 0.25) is 0 Å². The Morgan fingerprint density at radius 1 is 0.808 bits per heavy atom. The van der Waals surface area contributed by atoms with E-state index in [9.17, 15) is 0 Å². The second-order valence-corrected chi connectivity index (χ2v) is 6.35. The largest absolute Gasteiger partial charge is 0.497 e. The molecule has 3 nitrogen and oxygen atoms in total. The molecule has 0 spiro atoms. The summed E-state index contributed by atoms with van der Waals surface area (Å²) in [5.41, 5.74) is 2.44. The number of allylic oxidation sites excluding steroid dienone is 1. The Kier molecular flexibility index (Phi) is 8.77. The Balaban J connectivity index is 2.07. The third-order valence-corrected chi connectivity index (χ3v) is 4.48. The fraction of sp³-hybridized carbons (Fsp3) is 0.391. The number of rotatable bonds is 11. The van der Waals surface area contributed by atoms with Gasteiger partial charge in [-0.3, -0.25) is 0 Å². The van der Waals surface area contributed by atoms with E-state index in [1.807, 2.05) is 24.3 Å². The first-order valence-electron chi connectivity index (χ1n) is 9.44. The number of methoxy groups -OCH3 is 2. The highest BCUT2D eigenvalue weighted by Crippen LogP contribution is 2.25. The topological polar surface area (TPSA) is 30.5 Å². The molecule has 0 amide bonds. The van der Waals surface area contributed by atoms with Crippen molar-refractivity contribution in [3.8, 4) is 11.5 Å². The van der Waals surface area contributed by atoms with Crippen LogP contribution in [0.5, 0.6) is 11.5 Å². The van der Waals surface area contributed by atoms with E-state index in [1.165, 1.54) is 30.4 Å². The second-order valence-electron chi connectivity index (χ2n) is 6.35. The van der Waals surface area contributed by atoms with Gasteiger partial charge >= 0.3 is 0 Å². The fourth-order valence-electron chi connectivity index (χ4n) is 2.92. The molecule has 0 saturated heterocycles. The zero-order valence-electron chi connectivity index (χ0n) is 16.2. The fourth-order valence-corrected chi connectivity index (χ4v) is 2.92. The van der Waals surface area contributed by atoms with Crippen LogP contribution in [-0.4, -0.2) is 20.8 Å². The molecule has 140 valence electrons. The van der Waals surface area contributed by atoms with Crippen LogP contribution in [-0.2, 0) is 0 Å². The molecule has 0 radical (unpaired) electrons. The summed E-state index contributed by atoms with van der Waals surface area (Å²) in [6, 6.07) is 16.6. The van der Waals surface area contributed by atoms with E-state index < -0.39 is 0 Å². The smallest absolute Gasteiger partial charge is 0.118 e. The second kappa shape index (κ2) is 11.4. The third kappa shape index (κ3) is 6.23. The van der Waals surface area contributed by atoms with Gasteiger partial charge < -0.3 is 14.8 Å². The number of benzene rings is 2. The summed E-state index contributed by atoms with van der Waals surface area (Å²) in [4.78, 5) is 0. The lowest BCUT2D eigenvalue weighted by atomic mass is 9.98. The van der Waals surface area contributed by atoms with Crippen LogP contribution in [0.25, 0.3) is 0 Å². The lowest BCUT2D eigenvalue weighted by Crippen LogP contribution is -2.22. The van der Waals surface area contributed by atoms with Crippen LogP contribution >= 0.6 is 0 Å². The maximum Gasteiger partial charge on any atom is 0.118 e. The van der Waals surface area contributed by atoms with Crippen molar-refractivity contribution in [3.05, 3.63) is 71.8 Å². The minimum Gasteiger partial charge on any atom is -0.497 e. The van der Waals surface area contributed by atoms with Gasteiger partial charge in [-0.1, -0.05) is 56.2 Å². The van der Waals surface area contributed by atoms with Gasteiger partial charge in [0.05, 0.1) is 20.3 Å². The van der Waals surface area contributed by atoms with Crippen molar-refractivity contribution < 1.29 is 9.47 Å². The van der Waals surface area contributed by atoms with Gasteiger partial charge in [-0.05, 0) is 48.2 Å². The van der Waals surface area contributed by atoms with Crippen LogP contribution in [0.1, 0.15) is 49.8 Å². The minimum atomic E-state index is 0.132. The van der Waals surface area contributed by atoms with Crippen LogP contribution in [0.4, 0.5) is 0 Å². The zero-order chi connectivity index (χ0) is 18.6. The van der Waals surface area contributed by atoms with Crippen molar-refractivity contribution >= 4 is 0 Å². The van der Waals surface area contributed by atoms with Crippen molar-refractivity contribution in [1.29, 1.82) is 0 Å². The Labute approximate surface area is 158 Å². The summed E-state index contributed by atoms with van der Waals surface area (Å²) in [7, 11) is 3.38. The molecule has 0 atom stereocenters. The molecule has 0 saturated carbocycles. The highest BCUT2D eigenvalue weighted by atomic mass is 16.5. The molecule has 2 aromatic rings. The molecule has 0 unspecified atom stereocenters. The van der Waals surface area contributed by atoms with E-state index in [-0.39, 0.29) is 6.04 Å². The lowest BCUT2D eigenvalue weighted by Gasteiger charge is -2.20. The average Bonchev–Trinajstić information content (AvgIpc) is 2.70. The molecule has 2 aromatic carbocycles. The van der Waals surface area contributed by atoms with Crippen molar-refractivity contribution in [2.75, 3.05) is 20.8 Å². The van der Waals surface area contributed by atoms with Crippen LogP contribution in [0.15, 0.2) is 60.7 Å². The van der Waals surface area contributed by atoms with Gasteiger partial charge in [0.2, 0.25) is 0 Å². The Morgan fingerprint density at radius 3 is 1.81 bits per heavy atom. The summed E-state index contributed by atoms with van der Waals surface area (Å²) in [5, 5.41) is 3.65. The van der Waals surface area contributed by atoms with E-state index in [1.54, 1.807) is 14.2 Å². The van der Waals surface area contributed by atoms with Crippen LogP contribution in [0, 0.1) is 0 Å². The SMILES string of the molecule is CCCCC/C=C/CNC(c1ccc(OC)cc1)c1ccc(OC)cc1. The Bertz CT molecular complexity index is 599. The maximum atomic E-state index is 5.28. The zero-order valence-corrected chi connectivity index (χ0v) is 16.2. The average molecular weight is 354 g/mol. The molecule has 0 aliphatic rings. The van der Waals surface area contributed by atoms with Gasteiger partial charge in [0, 0.05) is 6.54 Å². The summed E-state index contributed by atoms with van der Waals surface area (Å²) in [6.07, 6.45) is 9.51. The highest BCUT2D eigenvalue weighted by molar-refractivity contribution is 5.37. The molecular formula is C23H31NO2. The molecule has 0 heterocycles. The van der Waals surface area contributed by atoms with Gasteiger partial charge in [-0.25, -0.2) is 0 Å². The van der Waals surface area contributed by atoms with Crippen molar-refractivity contribution in [3.63, 3.8) is 0 Å². The van der Waals surface area contributed by atoms with Gasteiger partial charge in [-0.15, -0.1) is 0 Å². The van der Waals surface area contributed by atoms with Gasteiger partial charge in [0.1, 0.15) is 11.5 Å². The van der Waals surface area contributed by atoms with Gasteiger partial charge in [0.25, 0.3) is 0 Å². The van der Waals surface area contributed by atoms with E-state index >= 15 is 0 Å². The van der Waals surface area contributed by atoms with E-state index in [4.69, 9.17) is 9.47 Å². The molecule has 3 heteroatoms. The van der Waals surface area contributed by atoms with Crippen molar-refractivity contribution in [1.82, 2.24) is 5.32 Å². The summed E-state index contributed by atoms with van der Waals surface area (Å²) >= 11 is 0. The first-order chi connectivity index (χ1) is 12.8. The summed E-state index contributed by atoms with van der Waals surface area (Å²) < 4.78 is 10.6. The summed E-state index contributed by atoms with van der Waals surface area (Å²) in [5.74, 6) is 1.75. The van der Waals surface area contributed by atoms with Crippen molar-refractivity contribution in [2.45, 2.75) is 38.6 Å². The number of ether oxygens (including phenoxy) is 2. The third-order valence-electron chi connectivity index (χ3n) is 4.48. The van der Waals surface area contributed by atoms with Crippen LogP contribution < -0.4 is 14.8 Å². The highest BCUT2D eigenvalue weighted by Gasteiger charge is 2.13. The molecular weight excluding hydrogens is 322 g/mol. The van der Waals surface area contributed by atoms with E-state index in [2.05, 4.69) is 48.7 Å². The molecule has 2 rings (SSSR count). The minimum absolute atomic E-state index is 0.132. The molecule has 0 aliphatic heterocycles. The van der Waals surface area contributed by atoms with Gasteiger partial charge in [-0.2, -0.15) is 0 Å². The predicted molar refractivity (Wildman–Crippen MR) is 109 cm³/mol. The molecule has 0 aromatic heterocycles. The number of hydrogen-bond donors (Lipinski definition) is 1. The molecule has 26 heavy (non-hydrogen) atoms. The number of nitrogens with one attached hydrogen (secondary N) is 1. The summed E-state index contributed by atoms with van der Waals surface area (Å²) in [6.45, 7) is 3.08. The molecule has 0 fully saturated rings. The number of hydrogen-bond acceptors (Lipinski definition) is 3. The molecule has 0 bridgehead atoms. The van der Waals surface area contributed by atoms with Gasteiger partial charge in [0.15, 0.2) is 0 Å². The standard InChI is InChI=1S/C23H31NO2/c1-4-5-6-7-8-9-18-24-23(19-10-14-21(25-2)15-11-19)20-12-16-22(26-3)17-13-20/h8-17,23-24H,4-7,18H2,1-3H3/b9-8+. The normalized spacial score (nSPS) is 11.2. The van der Waals surface area contributed by atoms with E-state index in [0.29, 0.717) is 0 Å². The van der Waals surface area contributed by atoms with E-state index in [0.717, 1.165) is 24.5 Å². The maximum absolute atomic E-state index is 5.28. The monoisotopic (exact) mass is 353 g/mol. The molecule has 0 aliphatic carbocycles. The van der Waals surface area contributed by atoms with Crippen LogP contribution in [0.3, 0.4) is 0 Å². The quantitative estimate of drug-likeness (QED) is 0.426. The van der Waals surface area contributed by atoms with Crippen molar-refractivity contribution in [2.24, 2.45) is 0 Å². The lowest BCUT2D eigenvalue weighted by molar-refractivity contribution is 0.414. The first kappa shape index (κ1) is 20.1. The first-order valence-corrected chi connectivity index (χ1v) is 9.44. The Morgan fingerprint density at radius 2 is 1.35 bits per heavy atom.